The molecule has 0 aliphatic carbocycles. The number of rotatable bonds is 9. The van der Waals surface area contributed by atoms with Crippen LogP contribution in [0.25, 0.3) is 6.08 Å². The molecule has 0 saturated carbocycles. The molecule has 2 N–H and O–H groups in total. The minimum absolute atomic E-state index is 0.238. The van der Waals surface area contributed by atoms with Gasteiger partial charge >= 0.3 is 0 Å². The summed E-state index contributed by atoms with van der Waals surface area (Å²) in [5.41, 5.74) is 4.55. The molecular formula is C23H26N2O4S. The predicted molar refractivity (Wildman–Crippen MR) is 121 cm³/mol. The molecule has 1 amide bonds. The second kappa shape index (κ2) is 10.2. The van der Waals surface area contributed by atoms with E-state index in [2.05, 4.69) is 30.5 Å². The molecule has 30 heavy (non-hydrogen) atoms. The first-order valence-corrected chi connectivity index (χ1v) is 10.2. The number of aryl methyl sites for hydroxylation is 2. The Morgan fingerprint density at radius 2 is 1.73 bits per heavy atom. The van der Waals surface area contributed by atoms with Crippen molar-refractivity contribution in [2.24, 2.45) is 0 Å². The minimum Gasteiger partial charge on any atom is -0.493 e. The van der Waals surface area contributed by atoms with Crippen molar-refractivity contribution in [1.29, 1.82) is 0 Å². The zero-order chi connectivity index (χ0) is 21.5. The molecule has 7 heteroatoms. The summed E-state index contributed by atoms with van der Waals surface area (Å²) in [6.45, 7) is 5.63. The van der Waals surface area contributed by atoms with E-state index in [-0.39, 0.29) is 5.91 Å². The number of carbonyl (C=O) groups excluding carboxylic acids is 1. The predicted octanol–water partition coefficient (Wildman–Crippen LogP) is 3.64. The van der Waals surface area contributed by atoms with Crippen LogP contribution in [0, 0.1) is 13.8 Å². The van der Waals surface area contributed by atoms with Crippen LogP contribution in [0.1, 0.15) is 28.7 Å². The van der Waals surface area contributed by atoms with Crippen LogP contribution in [0.15, 0.2) is 42.1 Å². The topological polar surface area (TPSA) is 68.8 Å². The fraction of sp³-hybridized carbons (Fsp3) is 0.304. The molecule has 1 fully saturated rings. The molecule has 2 aromatic carbocycles. The van der Waals surface area contributed by atoms with E-state index in [4.69, 9.17) is 26.4 Å². The van der Waals surface area contributed by atoms with E-state index in [1.165, 1.54) is 11.1 Å². The molecular weight excluding hydrogens is 400 g/mol. The normalized spacial score (nSPS) is 14.6. The quantitative estimate of drug-likeness (QED) is 0.363. The van der Waals surface area contributed by atoms with E-state index in [0.29, 0.717) is 30.6 Å². The van der Waals surface area contributed by atoms with Crippen LogP contribution in [-0.4, -0.2) is 31.3 Å². The van der Waals surface area contributed by atoms with Crippen LogP contribution in [-0.2, 0) is 16.1 Å². The summed E-state index contributed by atoms with van der Waals surface area (Å²) in [6.07, 6.45) is 2.50. The third kappa shape index (κ3) is 6.05. The SMILES string of the molecule is COCc1cc(/C=C2\NC(=S)NC2=O)ccc1OCCCOc1cc(C)cc(C)c1. The smallest absolute Gasteiger partial charge is 0.273 e. The number of hydrogen-bond acceptors (Lipinski definition) is 5. The average molecular weight is 427 g/mol. The molecule has 1 aliphatic rings. The van der Waals surface area contributed by atoms with Gasteiger partial charge < -0.3 is 19.5 Å². The number of methoxy groups -OCH3 is 1. The van der Waals surface area contributed by atoms with Crippen molar-refractivity contribution in [3.63, 3.8) is 0 Å². The first kappa shape index (κ1) is 21.8. The van der Waals surface area contributed by atoms with Crippen LogP contribution < -0.4 is 20.1 Å². The zero-order valence-electron chi connectivity index (χ0n) is 17.4. The van der Waals surface area contributed by atoms with Gasteiger partial charge in [0.1, 0.15) is 17.2 Å². The highest BCUT2D eigenvalue weighted by molar-refractivity contribution is 7.80. The van der Waals surface area contributed by atoms with Gasteiger partial charge in [-0.3, -0.25) is 10.1 Å². The van der Waals surface area contributed by atoms with Gasteiger partial charge in [0.05, 0.1) is 19.8 Å². The van der Waals surface area contributed by atoms with E-state index >= 15 is 0 Å². The van der Waals surface area contributed by atoms with Gasteiger partial charge in [0.2, 0.25) is 0 Å². The second-order valence-electron chi connectivity index (χ2n) is 7.14. The lowest BCUT2D eigenvalue weighted by molar-refractivity contribution is -0.115. The zero-order valence-corrected chi connectivity index (χ0v) is 18.2. The molecule has 3 rings (SSSR count). The third-order valence-electron chi connectivity index (χ3n) is 4.43. The molecule has 1 aliphatic heterocycles. The fourth-order valence-electron chi connectivity index (χ4n) is 3.19. The van der Waals surface area contributed by atoms with Gasteiger partial charge in [0.25, 0.3) is 5.91 Å². The molecule has 1 heterocycles. The van der Waals surface area contributed by atoms with Gasteiger partial charge in [0, 0.05) is 19.1 Å². The number of benzene rings is 2. The van der Waals surface area contributed by atoms with Gasteiger partial charge in [-0.1, -0.05) is 12.1 Å². The van der Waals surface area contributed by atoms with Gasteiger partial charge in [-0.15, -0.1) is 0 Å². The van der Waals surface area contributed by atoms with E-state index in [0.717, 1.165) is 29.0 Å². The summed E-state index contributed by atoms with van der Waals surface area (Å²) in [6, 6.07) is 11.9. The first-order valence-electron chi connectivity index (χ1n) is 9.74. The van der Waals surface area contributed by atoms with Crippen LogP contribution in [0.5, 0.6) is 11.5 Å². The molecule has 6 nitrogen and oxygen atoms in total. The number of amides is 1. The van der Waals surface area contributed by atoms with E-state index in [1.807, 2.05) is 30.3 Å². The first-order chi connectivity index (χ1) is 14.4. The lowest BCUT2D eigenvalue weighted by Gasteiger charge is -2.13. The summed E-state index contributed by atoms with van der Waals surface area (Å²) >= 11 is 4.96. The van der Waals surface area contributed by atoms with Crippen molar-refractivity contribution < 1.29 is 19.0 Å². The summed E-state index contributed by atoms with van der Waals surface area (Å²) in [7, 11) is 1.64. The van der Waals surface area contributed by atoms with Crippen LogP contribution in [0.4, 0.5) is 0 Å². The molecule has 0 spiro atoms. The Kier molecular flexibility index (Phi) is 7.43. The Hall–Kier alpha value is -2.90. The summed E-state index contributed by atoms with van der Waals surface area (Å²) in [4.78, 5) is 11.8. The lowest BCUT2D eigenvalue weighted by atomic mass is 10.1. The van der Waals surface area contributed by atoms with E-state index in [1.54, 1.807) is 13.2 Å². The highest BCUT2D eigenvalue weighted by atomic mass is 32.1. The lowest BCUT2D eigenvalue weighted by Crippen LogP contribution is -2.21. The highest BCUT2D eigenvalue weighted by Gasteiger charge is 2.20. The molecule has 0 radical (unpaired) electrons. The number of hydrogen-bond donors (Lipinski definition) is 2. The monoisotopic (exact) mass is 426 g/mol. The van der Waals surface area contributed by atoms with Crippen molar-refractivity contribution in [2.75, 3.05) is 20.3 Å². The van der Waals surface area contributed by atoms with E-state index in [9.17, 15) is 4.79 Å². The number of carbonyl (C=O) groups is 1. The van der Waals surface area contributed by atoms with Crippen LogP contribution >= 0.6 is 12.2 Å². The molecule has 0 atom stereocenters. The molecule has 2 aromatic rings. The summed E-state index contributed by atoms with van der Waals surface area (Å²) in [5.74, 6) is 1.40. The standard InChI is InChI=1S/C23H26N2O4S/c1-15-9-16(2)11-19(10-15)28-7-4-8-29-21-6-5-17(12-18(21)14-27-3)13-20-22(26)25-23(30)24-20/h5-6,9-13H,4,7-8,14H2,1-3H3,(H2,24,25,26,30)/b20-13-. The van der Waals surface area contributed by atoms with Crippen molar-refractivity contribution in [3.05, 3.63) is 64.3 Å². The van der Waals surface area contributed by atoms with E-state index < -0.39 is 0 Å². The molecule has 158 valence electrons. The number of ether oxygens (including phenoxy) is 3. The Morgan fingerprint density at radius 1 is 1.00 bits per heavy atom. The molecule has 1 saturated heterocycles. The minimum atomic E-state index is -0.238. The maximum atomic E-state index is 11.8. The van der Waals surface area contributed by atoms with Crippen LogP contribution in [0.3, 0.4) is 0 Å². The van der Waals surface area contributed by atoms with Gasteiger partial charge in [-0.25, -0.2) is 0 Å². The second-order valence-corrected chi connectivity index (χ2v) is 7.55. The van der Waals surface area contributed by atoms with Crippen molar-refractivity contribution in [3.8, 4) is 11.5 Å². The summed E-state index contributed by atoms with van der Waals surface area (Å²) < 4.78 is 17.1. The Bertz CT molecular complexity index is 951. The number of thiocarbonyl (C=S) groups is 1. The van der Waals surface area contributed by atoms with Gasteiger partial charge in [-0.05, 0) is 73.1 Å². The largest absolute Gasteiger partial charge is 0.493 e. The highest BCUT2D eigenvalue weighted by Crippen LogP contribution is 2.23. The van der Waals surface area contributed by atoms with Gasteiger partial charge in [0.15, 0.2) is 5.11 Å². The number of nitrogens with one attached hydrogen (secondary N) is 2. The molecule has 0 unspecified atom stereocenters. The fourth-order valence-corrected chi connectivity index (χ4v) is 3.40. The molecule has 0 aromatic heterocycles. The Balaban J connectivity index is 1.56. The van der Waals surface area contributed by atoms with Crippen molar-refractivity contribution in [1.82, 2.24) is 10.6 Å². The average Bonchev–Trinajstić information content (AvgIpc) is 2.99. The Labute approximate surface area is 182 Å². The third-order valence-corrected chi connectivity index (χ3v) is 4.63. The van der Waals surface area contributed by atoms with Gasteiger partial charge in [-0.2, -0.15) is 0 Å². The molecule has 0 bridgehead atoms. The van der Waals surface area contributed by atoms with Crippen LogP contribution in [0.2, 0.25) is 0 Å². The van der Waals surface area contributed by atoms with Crippen molar-refractivity contribution >= 4 is 29.3 Å². The summed E-state index contributed by atoms with van der Waals surface area (Å²) in [5, 5.41) is 5.70. The Morgan fingerprint density at radius 3 is 2.40 bits per heavy atom. The maximum absolute atomic E-state index is 11.8. The van der Waals surface area contributed by atoms with Crippen molar-refractivity contribution in [2.45, 2.75) is 26.9 Å². The maximum Gasteiger partial charge on any atom is 0.273 e.